The zero-order valence-electron chi connectivity index (χ0n) is 37.1. The lowest BCUT2D eigenvalue weighted by atomic mass is 9.60. The molecular formula is C64H53N. The summed E-state index contributed by atoms with van der Waals surface area (Å²) >= 11 is 0. The van der Waals surface area contributed by atoms with Crippen molar-refractivity contribution in [2.45, 2.75) is 50.4 Å². The third-order valence-corrected chi connectivity index (χ3v) is 15.1. The predicted octanol–water partition coefficient (Wildman–Crippen LogP) is 17.1. The van der Waals surface area contributed by atoms with E-state index >= 15 is 0 Å². The van der Waals surface area contributed by atoms with E-state index in [4.69, 9.17) is 0 Å². The van der Waals surface area contributed by atoms with Gasteiger partial charge in [-0.25, -0.2) is 0 Å². The first-order chi connectivity index (χ1) is 32.2. The summed E-state index contributed by atoms with van der Waals surface area (Å²) < 4.78 is 0. The van der Waals surface area contributed by atoms with Crippen LogP contribution in [0.25, 0.3) is 49.4 Å². The molecule has 0 bridgehead atoms. The van der Waals surface area contributed by atoms with E-state index in [0.29, 0.717) is 5.92 Å². The second-order valence-electron chi connectivity index (χ2n) is 18.6. The smallest absolute Gasteiger partial charge is 0.0540 e. The van der Waals surface area contributed by atoms with Gasteiger partial charge < -0.3 is 4.90 Å². The molecular weight excluding hydrogens is 783 g/mol. The highest BCUT2D eigenvalue weighted by molar-refractivity contribution is 6.04. The van der Waals surface area contributed by atoms with Crippen LogP contribution in [0.15, 0.2) is 230 Å². The van der Waals surface area contributed by atoms with Crippen molar-refractivity contribution in [1.29, 1.82) is 0 Å². The Kier molecular flexibility index (Phi) is 9.94. The minimum absolute atomic E-state index is 0.121. The molecule has 1 saturated carbocycles. The van der Waals surface area contributed by atoms with Crippen molar-refractivity contribution in [3.8, 4) is 22.3 Å². The molecule has 1 fully saturated rings. The third-order valence-electron chi connectivity index (χ3n) is 15.1. The quantitative estimate of drug-likeness (QED) is 0.147. The van der Waals surface area contributed by atoms with Gasteiger partial charge in [-0.2, -0.15) is 0 Å². The number of hydrogen-bond donors (Lipinski definition) is 0. The van der Waals surface area contributed by atoms with Crippen LogP contribution in [0, 0.1) is 11.8 Å². The van der Waals surface area contributed by atoms with Gasteiger partial charge in [0.1, 0.15) is 0 Å². The summed E-state index contributed by atoms with van der Waals surface area (Å²) in [4.78, 5) is 2.62. The number of allylic oxidation sites excluding steroid dienone is 3. The van der Waals surface area contributed by atoms with E-state index < -0.39 is 5.41 Å². The van der Waals surface area contributed by atoms with Crippen LogP contribution >= 0.6 is 0 Å². The molecule has 2 unspecified atom stereocenters. The first-order valence-electron chi connectivity index (χ1n) is 23.8. The number of benzene rings is 9. The van der Waals surface area contributed by atoms with Crippen molar-refractivity contribution in [1.82, 2.24) is 0 Å². The van der Waals surface area contributed by atoms with Gasteiger partial charge in [-0.3, -0.25) is 0 Å². The van der Waals surface area contributed by atoms with Crippen LogP contribution in [-0.2, 0) is 5.41 Å². The van der Waals surface area contributed by atoms with Crippen LogP contribution in [0.1, 0.15) is 72.8 Å². The fourth-order valence-electron chi connectivity index (χ4n) is 12.4. The normalized spacial score (nSPS) is 17.9. The molecule has 2 atom stereocenters. The molecule has 1 heteroatoms. The van der Waals surface area contributed by atoms with E-state index in [1.165, 1.54) is 121 Å². The van der Waals surface area contributed by atoms with Crippen LogP contribution in [-0.4, -0.2) is 0 Å². The highest BCUT2D eigenvalue weighted by Gasteiger charge is 2.55. The summed E-state index contributed by atoms with van der Waals surface area (Å²) in [5.74, 6) is 0.939. The molecule has 314 valence electrons. The van der Waals surface area contributed by atoms with Gasteiger partial charge in [-0.1, -0.05) is 226 Å². The number of nitrogens with zero attached hydrogens (tertiary/aromatic N) is 1. The molecule has 12 rings (SSSR count). The highest BCUT2D eigenvalue weighted by Crippen LogP contribution is 2.63. The Hall–Kier alpha value is -7.22. The Balaban J connectivity index is 1.16. The predicted molar refractivity (Wildman–Crippen MR) is 275 cm³/mol. The molecule has 65 heavy (non-hydrogen) atoms. The Morgan fingerprint density at radius 3 is 1.88 bits per heavy atom. The van der Waals surface area contributed by atoms with Crippen LogP contribution in [0.4, 0.5) is 11.4 Å². The monoisotopic (exact) mass is 835 g/mol. The number of anilines is 2. The van der Waals surface area contributed by atoms with E-state index in [1.807, 2.05) is 0 Å². The Morgan fingerprint density at radius 1 is 0.492 bits per heavy atom. The van der Waals surface area contributed by atoms with Crippen LogP contribution < -0.4 is 4.90 Å². The van der Waals surface area contributed by atoms with Gasteiger partial charge in [-0.05, 0) is 121 Å². The minimum atomic E-state index is -0.412. The van der Waals surface area contributed by atoms with Gasteiger partial charge in [0.05, 0.1) is 16.8 Å². The van der Waals surface area contributed by atoms with Crippen LogP contribution in [0.3, 0.4) is 0 Å². The van der Waals surface area contributed by atoms with Crippen molar-refractivity contribution < 1.29 is 0 Å². The average molecular weight is 836 g/mol. The molecule has 0 aliphatic heterocycles. The van der Waals surface area contributed by atoms with E-state index in [1.54, 1.807) is 0 Å². The van der Waals surface area contributed by atoms with E-state index in [0.717, 1.165) is 5.69 Å². The molecule has 0 amide bonds. The number of hydrogen-bond acceptors (Lipinski definition) is 1. The van der Waals surface area contributed by atoms with Crippen molar-refractivity contribution in [2.24, 2.45) is 11.8 Å². The summed E-state index contributed by atoms with van der Waals surface area (Å²) in [6.45, 7) is 2.44. The fraction of sp³-hybridized carbons (Fsp3) is 0.156. The first kappa shape index (κ1) is 39.4. The molecule has 0 aromatic heterocycles. The molecule has 1 nitrogen and oxygen atoms in total. The lowest BCUT2D eigenvalue weighted by Crippen LogP contribution is -2.39. The number of rotatable bonds is 8. The van der Waals surface area contributed by atoms with Gasteiger partial charge in [0.25, 0.3) is 0 Å². The van der Waals surface area contributed by atoms with E-state index in [9.17, 15) is 0 Å². The highest BCUT2D eigenvalue weighted by atomic mass is 15.2. The van der Waals surface area contributed by atoms with Crippen molar-refractivity contribution in [3.05, 3.63) is 258 Å². The first-order valence-corrected chi connectivity index (χ1v) is 23.8. The largest absolute Gasteiger partial charge is 0.310 e. The number of para-hydroxylation sites is 1. The second kappa shape index (κ2) is 16.4. The van der Waals surface area contributed by atoms with Gasteiger partial charge in [0.2, 0.25) is 0 Å². The zero-order chi connectivity index (χ0) is 43.3. The summed E-state index contributed by atoms with van der Waals surface area (Å²) in [7, 11) is 0. The Morgan fingerprint density at radius 2 is 1.09 bits per heavy atom. The van der Waals surface area contributed by atoms with Gasteiger partial charge >= 0.3 is 0 Å². The van der Waals surface area contributed by atoms with Crippen molar-refractivity contribution in [2.75, 3.05) is 4.90 Å². The molecule has 0 heterocycles. The summed E-state index contributed by atoms with van der Waals surface area (Å²) in [6.07, 6.45) is 11.4. The maximum Gasteiger partial charge on any atom is 0.0540 e. The summed E-state index contributed by atoms with van der Waals surface area (Å²) in [5, 5.41) is 5.23. The van der Waals surface area contributed by atoms with Crippen LogP contribution in [0.5, 0.6) is 0 Å². The maximum absolute atomic E-state index is 2.62. The summed E-state index contributed by atoms with van der Waals surface area (Å²) in [6, 6.07) is 80.0. The molecule has 9 aromatic rings. The standard InChI is InChI=1S/C64H53N/c1-44-41-42-60(62-57-35-13-15-39-58(57)64(63(44)62,49-28-7-3-8-29-49)50-30-9-4-10-31-50)65(51-32-17-27-48(43-51)53-36-18-24-45-23-11-12-33-52(45)53)59-40-16-14-34-55(59)56-38-20-26-47-25-19-37-54(61(47)56)46-21-5-2-6-22-46/h3-4,7-20,23-44,46,63H,2,5-6,21-22H2,1H3. The van der Waals surface area contributed by atoms with E-state index in [-0.39, 0.29) is 11.8 Å². The topological polar surface area (TPSA) is 3.24 Å². The van der Waals surface area contributed by atoms with Crippen molar-refractivity contribution in [3.63, 3.8) is 0 Å². The van der Waals surface area contributed by atoms with Gasteiger partial charge in [0.15, 0.2) is 0 Å². The molecule has 0 saturated heterocycles. The van der Waals surface area contributed by atoms with Gasteiger partial charge in [-0.15, -0.1) is 0 Å². The number of fused-ring (bicyclic) bond motifs is 5. The lowest BCUT2D eigenvalue weighted by molar-refractivity contribution is 0.397. The summed E-state index contributed by atoms with van der Waals surface area (Å²) in [5.41, 5.74) is 16.4. The molecule has 9 aromatic carbocycles. The molecule has 0 spiro atoms. The molecule has 3 aliphatic carbocycles. The molecule has 0 N–H and O–H groups in total. The zero-order valence-corrected chi connectivity index (χ0v) is 37.1. The molecule has 0 radical (unpaired) electrons. The van der Waals surface area contributed by atoms with Gasteiger partial charge in [0, 0.05) is 17.2 Å². The maximum atomic E-state index is 2.62. The third kappa shape index (κ3) is 6.43. The fourth-order valence-corrected chi connectivity index (χ4v) is 12.4. The average Bonchev–Trinajstić information content (AvgIpc) is 3.70. The minimum Gasteiger partial charge on any atom is -0.310 e. The molecule has 3 aliphatic rings. The van der Waals surface area contributed by atoms with E-state index in [2.05, 4.69) is 236 Å². The van der Waals surface area contributed by atoms with Crippen LogP contribution in [0.2, 0.25) is 0 Å². The lowest BCUT2D eigenvalue weighted by Gasteiger charge is -2.43. The van der Waals surface area contributed by atoms with Crippen molar-refractivity contribution >= 4 is 38.5 Å². The SMILES string of the molecule is CC1C=CC(N(c2cccc(-c3cccc4ccccc34)c2)c2ccccc2-c2cccc3cccc(C4CCCCC4)c23)=C2c3ccccc3C(c3ccccc3)(c3ccccc3)C21. The Labute approximate surface area is 384 Å². The second-order valence-corrected chi connectivity index (χ2v) is 18.6. The Bertz CT molecular complexity index is 3230.